The summed E-state index contributed by atoms with van der Waals surface area (Å²) in [5, 5.41) is 2.75. The molecule has 2 aromatic rings. The van der Waals surface area contributed by atoms with Crippen LogP contribution >= 0.6 is 24.0 Å². The van der Waals surface area contributed by atoms with Gasteiger partial charge in [-0.1, -0.05) is 30.0 Å². The van der Waals surface area contributed by atoms with Gasteiger partial charge in [-0.2, -0.15) is 0 Å². The maximum Gasteiger partial charge on any atom is 0.308 e. The Bertz CT molecular complexity index is 1360. The highest BCUT2D eigenvalue weighted by Gasteiger charge is 2.36. The van der Waals surface area contributed by atoms with Crippen molar-refractivity contribution in [2.45, 2.75) is 25.8 Å². The van der Waals surface area contributed by atoms with Gasteiger partial charge in [-0.15, -0.1) is 0 Å². The molecule has 2 saturated heterocycles. The van der Waals surface area contributed by atoms with E-state index in [9.17, 15) is 19.2 Å². The molecule has 2 aliphatic rings. The lowest BCUT2D eigenvalue weighted by Gasteiger charge is -2.36. The second-order valence-electron chi connectivity index (χ2n) is 8.55. The summed E-state index contributed by atoms with van der Waals surface area (Å²) in [6, 6.07) is 2.60. The molecule has 2 aliphatic heterocycles. The largest absolute Gasteiger partial charge is 0.469 e. The monoisotopic (exact) mass is 545 g/mol. The Labute approximate surface area is 222 Å². The summed E-state index contributed by atoms with van der Waals surface area (Å²) in [4.78, 5) is 59.9. The van der Waals surface area contributed by atoms with Gasteiger partial charge in [0, 0.05) is 39.5 Å². The lowest BCUT2D eigenvalue weighted by Crippen LogP contribution is -2.57. The molecule has 1 N–H and O–H groups in total. The Hall–Kier alpha value is -3.29. The number of anilines is 1. The molecule has 0 spiro atoms. The molecule has 0 saturated carbocycles. The Balaban J connectivity index is 1.84. The topological polar surface area (TPSA) is 123 Å². The first-order valence-corrected chi connectivity index (χ1v) is 12.9. The van der Waals surface area contributed by atoms with Crippen molar-refractivity contribution >= 4 is 63.6 Å². The SMILES string of the molecule is COCCCN1C(=O)/C(=C/c2c(N3CCNC(=O)[C@H]3CC(=O)OC)nc3ccc(C)cn3c2=O)SC1=S. The lowest BCUT2D eigenvalue weighted by molar-refractivity contribution is -0.143. The first kappa shape index (κ1) is 26.8. The number of piperazine rings is 1. The van der Waals surface area contributed by atoms with Crippen LogP contribution in [0.3, 0.4) is 0 Å². The predicted octanol–water partition coefficient (Wildman–Crippen LogP) is 1.11. The predicted molar refractivity (Wildman–Crippen MR) is 143 cm³/mol. The van der Waals surface area contributed by atoms with Crippen molar-refractivity contribution in [2.75, 3.05) is 45.4 Å². The number of pyridine rings is 1. The summed E-state index contributed by atoms with van der Waals surface area (Å²) in [7, 11) is 2.83. The number of rotatable bonds is 8. The quantitative estimate of drug-likeness (QED) is 0.223. The van der Waals surface area contributed by atoms with Crippen LogP contribution in [0.2, 0.25) is 0 Å². The van der Waals surface area contributed by atoms with E-state index in [0.29, 0.717) is 42.6 Å². The number of fused-ring (bicyclic) bond motifs is 1. The fourth-order valence-electron chi connectivity index (χ4n) is 4.20. The molecule has 0 radical (unpaired) electrons. The number of aryl methyl sites for hydroxylation is 1. The number of aromatic nitrogens is 2. The fraction of sp³-hybridized carbons (Fsp3) is 0.417. The van der Waals surface area contributed by atoms with Crippen LogP contribution in [-0.4, -0.2) is 82.9 Å². The Morgan fingerprint density at radius 2 is 2.08 bits per heavy atom. The number of methoxy groups -OCH3 is 2. The average molecular weight is 546 g/mol. The summed E-state index contributed by atoms with van der Waals surface area (Å²) in [6.07, 6.45) is 3.53. The van der Waals surface area contributed by atoms with Crippen molar-refractivity contribution in [3.05, 3.63) is 44.7 Å². The van der Waals surface area contributed by atoms with Gasteiger partial charge in [0.1, 0.15) is 21.8 Å². The second kappa shape index (κ2) is 11.4. The number of esters is 1. The van der Waals surface area contributed by atoms with Crippen LogP contribution in [0.4, 0.5) is 5.82 Å². The molecule has 2 amide bonds. The molecule has 0 bridgehead atoms. The maximum absolute atomic E-state index is 13.8. The molecular weight excluding hydrogens is 518 g/mol. The number of thiocarbonyl (C=S) groups is 1. The lowest BCUT2D eigenvalue weighted by atomic mass is 10.1. The Morgan fingerprint density at radius 1 is 1.30 bits per heavy atom. The number of hydrogen-bond donors (Lipinski definition) is 1. The van der Waals surface area contributed by atoms with Crippen molar-refractivity contribution in [1.82, 2.24) is 19.6 Å². The van der Waals surface area contributed by atoms with Gasteiger partial charge in [0.05, 0.1) is 24.0 Å². The third kappa shape index (κ3) is 5.53. The number of amides is 2. The molecule has 1 atom stereocenters. The van der Waals surface area contributed by atoms with Gasteiger partial charge in [0.25, 0.3) is 11.5 Å². The number of ether oxygens (including phenoxy) is 2. The van der Waals surface area contributed by atoms with Gasteiger partial charge in [-0.05, 0) is 31.1 Å². The molecule has 0 unspecified atom stereocenters. The summed E-state index contributed by atoms with van der Waals surface area (Å²) in [5.74, 6) is -1.05. The smallest absolute Gasteiger partial charge is 0.308 e. The van der Waals surface area contributed by atoms with Gasteiger partial charge in [0.2, 0.25) is 5.91 Å². The summed E-state index contributed by atoms with van der Waals surface area (Å²) in [5.41, 5.74) is 0.944. The highest BCUT2D eigenvalue weighted by Crippen LogP contribution is 2.34. The second-order valence-corrected chi connectivity index (χ2v) is 10.2. The summed E-state index contributed by atoms with van der Waals surface area (Å²) < 4.78 is 11.7. The molecular formula is C24H27N5O6S2. The van der Waals surface area contributed by atoms with Gasteiger partial charge in [-0.25, -0.2) is 4.98 Å². The minimum atomic E-state index is -0.934. The molecule has 2 fully saturated rings. The third-order valence-electron chi connectivity index (χ3n) is 6.06. The van der Waals surface area contributed by atoms with E-state index in [-0.39, 0.29) is 34.5 Å². The maximum atomic E-state index is 13.8. The standard InChI is InChI=1S/C24H27N5O6S2/c1-14-5-6-18-26-20(27-9-7-25-21(31)16(27)12-19(30)35-3)15(22(32)29(18)13-14)11-17-23(33)28(24(36)37-17)8-4-10-34-2/h5-6,11,13,16H,4,7-10,12H2,1-3H3,(H,25,31)/b17-11-/t16-/m1/s1. The zero-order chi connectivity index (χ0) is 26.7. The van der Waals surface area contributed by atoms with Crippen LogP contribution < -0.4 is 15.8 Å². The average Bonchev–Trinajstić information content (AvgIpc) is 3.14. The van der Waals surface area contributed by atoms with E-state index in [0.717, 1.165) is 17.3 Å². The van der Waals surface area contributed by atoms with E-state index in [1.807, 2.05) is 13.0 Å². The fourth-order valence-corrected chi connectivity index (χ4v) is 5.49. The van der Waals surface area contributed by atoms with E-state index in [2.05, 4.69) is 5.32 Å². The third-order valence-corrected chi connectivity index (χ3v) is 7.43. The van der Waals surface area contributed by atoms with Crippen molar-refractivity contribution < 1.29 is 23.9 Å². The molecule has 196 valence electrons. The van der Waals surface area contributed by atoms with Gasteiger partial charge in [-0.3, -0.25) is 28.5 Å². The van der Waals surface area contributed by atoms with Crippen molar-refractivity contribution in [1.29, 1.82) is 0 Å². The van der Waals surface area contributed by atoms with Gasteiger partial charge in [0.15, 0.2) is 0 Å². The molecule has 37 heavy (non-hydrogen) atoms. The van der Waals surface area contributed by atoms with Crippen LogP contribution in [0.15, 0.2) is 28.0 Å². The zero-order valence-electron chi connectivity index (χ0n) is 20.7. The number of hydrogen-bond acceptors (Lipinski definition) is 10. The molecule has 13 heteroatoms. The van der Waals surface area contributed by atoms with E-state index in [4.69, 9.17) is 26.7 Å². The highest BCUT2D eigenvalue weighted by atomic mass is 32.2. The number of thioether (sulfide) groups is 1. The molecule has 0 aromatic carbocycles. The van der Waals surface area contributed by atoms with E-state index >= 15 is 0 Å². The van der Waals surface area contributed by atoms with Crippen LogP contribution in [0, 0.1) is 6.92 Å². The Kier molecular flexibility index (Phi) is 8.25. The first-order chi connectivity index (χ1) is 17.7. The van der Waals surface area contributed by atoms with Crippen LogP contribution in [0.25, 0.3) is 11.7 Å². The van der Waals surface area contributed by atoms with Crippen LogP contribution in [0.5, 0.6) is 0 Å². The molecule has 4 rings (SSSR count). The number of carbonyl (C=O) groups is 3. The molecule has 2 aromatic heterocycles. The molecule has 0 aliphatic carbocycles. The Morgan fingerprint density at radius 3 is 2.81 bits per heavy atom. The van der Waals surface area contributed by atoms with Crippen LogP contribution in [0.1, 0.15) is 24.0 Å². The normalized spacial score (nSPS) is 19.2. The van der Waals surface area contributed by atoms with E-state index < -0.39 is 17.6 Å². The highest BCUT2D eigenvalue weighted by molar-refractivity contribution is 8.26. The number of nitrogens with zero attached hydrogens (tertiary/aromatic N) is 4. The number of carbonyl (C=O) groups excluding carboxylic acids is 3. The zero-order valence-corrected chi connectivity index (χ0v) is 22.3. The van der Waals surface area contributed by atoms with E-state index in [1.54, 1.807) is 24.3 Å². The van der Waals surface area contributed by atoms with Gasteiger partial charge < -0.3 is 19.7 Å². The summed E-state index contributed by atoms with van der Waals surface area (Å²) >= 11 is 6.52. The van der Waals surface area contributed by atoms with Crippen molar-refractivity contribution in [3.63, 3.8) is 0 Å². The van der Waals surface area contributed by atoms with Crippen molar-refractivity contribution in [2.24, 2.45) is 0 Å². The molecule has 4 heterocycles. The minimum absolute atomic E-state index is 0.130. The summed E-state index contributed by atoms with van der Waals surface area (Å²) in [6.45, 7) is 3.33. The van der Waals surface area contributed by atoms with Crippen molar-refractivity contribution in [3.8, 4) is 0 Å². The minimum Gasteiger partial charge on any atom is -0.469 e. The first-order valence-electron chi connectivity index (χ1n) is 11.6. The van der Waals surface area contributed by atoms with E-state index in [1.165, 1.54) is 22.5 Å². The molecule has 11 nitrogen and oxygen atoms in total. The number of nitrogens with one attached hydrogen (secondary N) is 1. The van der Waals surface area contributed by atoms with Gasteiger partial charge >= 0.3 is 5.97 Å². The van der Waals surface area contributed by atoms with Crippen LogP contribution in [-0.2, 0) is 23.9 Å².